The Labute approximate surface area is 96.1 Å². The average molecular weight is 231 g/mol. The standard InChI is InChI=1S/C11H19ClN2O/c1-7(2)5-10(15)11-9(12)6-13-14(11)8(3)4/h6-8,10,15H,5H2,1-4H3. The van der Waals surface area contributed by atoms with Crippen molar-refractivity contribution in [2.45, 2.75) is 46.3 Å². The SMILES string of the molecule is CC(C)CC(O)c1c(Cl)cnn1C(C)C. The average Bonchev–Trinajstić information content (AvgIpc) is 2.45. The first-order valence-electron chi connectivity index (χ1n) is 5.34. The summed E-state index contributed by atoms with van der Waals surface area (Å²) in [6.45, 7) is 8.20. The van der Waals surface area contributed by atoms with Gasteiger partial charge in [-0.3, -0.25) is 4.68 Å². The fraction of sp³-hybridized carbons (Fsp3) is 0.727. The lowest BCUT2D eigenvalue weighted by molar-refractivity contribution is 0.139. The van der Waals surface area contributed by atoms with Crippen LogP contribution in [0.25, 0.3) is 0 Å². The van der Waals surface area contributed by atoms with Crippen LogP contribution >= 0.6 is 11.6 Å². The molecule has 0 spiro atoms. The van der Waals surface area contributed by atoms with E-state index in [1.807, 2.05) is 13.8 Å². The van der Waals surface area contributed by atoms with Gasteiger partial charge in [-0.2, -0.15) is 5.10 Å². The van der Waals surface area contributed by atoms with Crippen LogP contribution in [-0.2, 0) is 0 Å². The summed E-state index contributed by atoms with van der Waals surface area (Å²) in [6.07, 6.45) is 1.78. The first kappa shape index (κ1) is 12.5. The summed E-state index contributed by atoms with van der Waals surface area (Å²) < 4.78 is 1.79. The van der Waals surface area contributed by atoms with Gasteiger partial charge in [0, 0.05) is 6.04 Å². The van der Waals surface area contributed by atoms with Gasteiger partial charge in [-0.15, -0.1) is 0 Å². The molecule has 0 saturated carbocycles. The van der Waals surface area contributed by atoms with Crippen LogP contribution in [0.3, 0.4) is 0 Å². The van der Waals surface area contributed by atoms with Crippen LogP contribution in [-0.4, -0.2) is 14.9 Å². The second kappa shape index (κ2) is 4.99. The monoisotopic (exact) mass is 230 g/mol. The summed E-state index contributed by atoms with van der Waals surface area (Å²) in [7, 11) is 0. The van der Waals surface area contributed by atoms with E-state index >= 15 is 0 Å². The Morgan fingerprint density at radius 3 is 2.47 bits per heavy atom. The van der Waals surface area contributed by atoms with Gasteiger partial charge in [0.05, 0.1) is 23.0 Å². The van der Waals surface area contributed by atoms with Gasteiger partial charge in [-0.05, 0) is 26.2 Å². The van der Waals surface area contributed by atoms with Crippen molar-refractivity contribution < 1.29 is 5.11 Å². The lowest BCUT2D eigenvalue weighted by Gasteiger charge is -2.17. The molecular formula is C11H19ClN2O. The molecule has 0 saturated heterocycles. The quantitative estimate of drug-likeness (QED) is 0.863. The van der Waals surface area contributed by atoms with Crippen LogP contribution < -0.4 is 0 Å². The van der Waals surface area contributed by atoms with Gasteiger partial charge >= 0.3 is 0 Å². The molecule has 1 aromatic heterocycles. The van der Waals surface area contributed by atoms with Gasteiger partial charge in [-0.25, -0.2) is 0 Å². The molecule has 0 fully saturated rings. The third kappa shape index (κ3) is 2.95. The van der Waals surface area contributed by atoms with Crippen molar-refractivity contribution in [1.82, 2.24) is 9.78 Å². The number of hydrogen-bond donors (Lipinski definition) is 1. The first-order valence-corrected chi connectivity index (χ1v) is 5.72. The van der Waals surface area contributed by atoms with Crippen molar-refractivity contribution in [2.75, 3.05) is 0 Å². The van der Waals surface area contributed by atoms with E-state index in [-0.39, 0.29) is 6.04 Å². The molecule has 1 rings (SSSR count). The highest BCUT2D eigenvalue weighted by Gasteiger charge is 2.20. The van der Waals surface area contributed by atoms with Crippen molar-refractivity contribution in [3.63, 3.8) is 0 Å². The second-order valence-electron chi connectivity index (χ2n) is 4.56. The smallest absolute Gasteiger partial charge is 0.0974 e. The number of hydrogen-bond acceptors (Lipinski definition) is 2. The number of aromatic nitrogens is 2. The molecule has 0 aliphatic heterocycles. The molecule has 1 aromatic rings. The fourth-order valence-electron chi connectivity index (χ4n) is 1.63. The van der Waals surface area contributed by atoms with Crippen LogP contribution in [0.5, 0.6) is 0 Å². The molecule has 0 amide bonds. The Hall–Kier alpha value is -0.540. The summed E-state index contributed by atoms with van der Waals surface area (Å²) in [5.41, 5.74) is 0.736. The van der Waals surface area contributed by atoms with Gasteiger partial charge in [-0.1, -0.05) is 25.4 Å². The zero-order chi connectivity index (χ0) is 11.6. The molecule has 0 radical (unpaired) electrons. The van der Waals surface area contributed by atoms with E-state index in [9.17, 15) is 5.11 Å². The molecule has 3 nitrogen and oxygen atoms in total. The predicted octanol–water partition coefficient (Wildman–Crippen LogP) is 3.20. The van der Waals surface area contributed by atoms with Gasteiger partial charge in [0.2, 0.25) is 0 Å². The topological polar surface area (TPSA) is 38.1 Å². The molecule has 4 heteroatoms. The Bertz CT molecular complexity index is 320. The van der Waals surface area contributed by atoms with Crippen LogP contribution in [0, 0.1) is 5.92 Å². The molecule has 86 valence electrons. The van der Waals surface area contributed by atoms with Crippen LogP contribution in [0.1, 0.15) is 52.0 Å². The summed E-state index contributed by atoms with van der Waals surface area (Å²) in [5.74, 6) is 0.437. The number of halogens is 1. The van der Waals surface area contributed by atoms with Crippen LogP contribution in [0.15, 0.2) is 6.20 Å². The largest absolute Gasteiger partial charge is 0.387 e. The van der Waals surface area contributed by atoms with E-state index < -0.39 is 6.10 Å². The van der Waals surface area contributed by atoms with Crippen molar-refractivity contribution in [1.29, 1.82) is 0 Å². The third-order valence-corrected chi connectivity index (χ3v) is 2.58. The number of aliphatic hydroxyl groups excluding tert-OH is 1. The van der Waals surface area contributed by atoms with Crippen LogP contribution in [0.4, 0.5) is 0 Å². The Balaban J connectivity index is 2.95. The van der Waals surface area contributed by atoms with Crippen LogP contribution in [0.2, 0.25) is 5.02 Å². The summed E-state index contributed by atoms with van der Waals surface area (Å²) >= 11 is 6.02. The maximum absolute atomic E-state index is 10.0. The fourth-order valence-corrected chi connectivity index (χ4v) is 1.89. The molecule has 1 atom stereocenters. The normalized spacial score (nSPS) is 13.9. The summed E-state index contributed by atoms with van der Waals surface area (Å²) in [6, 6.07) is 0.217. The maximum atomic E-state index is 10.0. The van der Waals surface area contributed by atoms with E-state index in [4.69, 9.17) is 11.6 Å². The minimum Gasteiger partial charge on any atom is -0.387 e. The molecule has 1 heterocycles. The van der Waals surface area contributed by atoms with E-state index in [2.05, 4.69) is 18.9 Å². The minimum absolute atomic E-state index is 0.217. The van der Waals surface area contributed by atoms with Crippen molar-refractivity contribution >= 4 is 11.6 Å². The number of rotatable bonds is 4. The van der Waals surface area contributed by atoms with Crippen molar-refractivity contribution in [2.24, 2.45) is 5.92 Å². The lowest BCUT2D eigenvalue weighted by atomic mass is 10.0. The zero-order valence-corrected chi connectivity index (χ0v) is 10.5. The third-order valence-electron chi connectivity index (χ3n) is 2.29. The molecule has 0 aliphatic rings. The highest BCUT2D eigenvalue weighted by Crippen LogP contribution is 2.29. The van der Waals surface area contributed by atoms with E-state index in [0.717, 1.165) is 5.69 Å². The van der Waals surface area contributed by atoms with Gasteiger partial charge in [0.15, 0.2) is 0 Å². The zero-order valence-electron chi connectivity index (χ0n) is 9.74. The molecule has 1 unspecified atom stereocenters. The molecule has 15 heavy (non-hydrogen) atoms. The lowest BCUT2D eigenvalue weighted by Crippen LogP contribution is -2.13. The molecule has 0 aromatic carbocycles. The van der Waals surface area contributed by atoms with Gasteiger partial charge in [0.25, 0.3) is 0 Å². The van der Waals surface area contributed by atoms with Crippen molar-refractivity contribution in [3.8, 4) is 0 Å². The molecule has 0 bridgehead atoms. The van der Waals surface area contributed by atoms with Gasteiger partial charge in [0.1, 0.15) is 0 Å². The van der Waals surface area contributed by atoms with Crippen molar-refractivity contribution in [3.05, 3.63) is 16.9 Å². The highest BCUT2D eigenvalue weighted by atomic mass is 35.5. The van der Waals surface area contributed by atoms with E-state index in [1.165, 1.54) is 0 Å². The van der Waals surface area contributed by atoms with E-state index in [1.54, 1.807) is 10.9 Å². The van der Waals surface area contributed by atoms with Gasteiger partial charge < -0.3 is 5.11 Å². The Morgan fingerprint density at radius 1 is 1.40 bits per heavy atom. The number of aliphatic hydroxyl groups is 1. The molecular weight excluding hydrogens is 212 g/mol. The molecule has 1 N–H and O–H groups in total. The second-order valence-corrected chi connectivity index (χ2v) is 4.97. The Kier molecular flexibility index (Phi) is 4.17. The molecule has 0 aliphatic carbocycles. The number of nitrogens with zero attached hydrogens (tertiary/aromatic N) is 2. The maximum Gasteiger partial charge on any atom is 0.0974 e. The Morgan fingerprint density at radius 2 is 2.00 bits per heavy atom. The minimum atomic E-state index is -0.526. The highest BCUT2D eigenvalue weighted by molar-refractivity contribution is 6.31. The summed E-state index contributed by atoms with van der Waals surface area (Å²) in [5, 5.41) is 14.8. The first-order chi connectivity index (χ1) is 6.93. The van der Waals surface area contributed by atoms with E-state index in [0.29, 0.717) is 17.4 Å². The summed E-state index contributed by atoms with van der Waals surface area (Å²) in [4.78, 5) is 0. The predicted molar refractivity (Wildman–Crippen MR) is 62.0 cm³/mol.